The first kappa shape index (κ1) is 22.3. The third-order valence-corrected chi connectivity index (χ3v) is 4.72. The number of carboxylic acid groups (broad SMARTS) is 2. The molecule has 0 aliphatic heterocycles. The number of carbonyl (C=O) groups is 2. The quantitative estimate of drug-likeness (QED) is 0.453. The molecule has 0 bridgehead atoms. The molecule has 0 spiro atoms. The molecule has 0 N–H and O–H groups in total. The van der Waals surface area contributed by atoms with Gasteiger partial charge in [-0.2, -0.15) is 0 Å². The van der Waals surface area contributed by atoms with E-state index in [0.29, 0.717) is 0 Å². The number of aromatic carboxylic acids is 2. The monoisotopic (exact) mass is 434 g/mol. The zero-order chi connectivity index (χ0) is 20.3. The molecule has 0 aliphatic carbocycles. The molecule has 0 amide bonds. The first-order valence-electron chi connectivity index (χ1n) is 8.79. The maximum atomic E-state index is 10.8. The Bertz CT molecular complexity index is 1100. The van der Waals surface area contributed by atoms with Crippen LogP contribution < -0.4 is 10.2 Å². The second kappa shape index (κ2) is 9.44. The van der Waals surface area contributed by atoms with Crippen LogP contribution in [0.3, 0.4) is 0 Å². The van der Waals surface area contributed by atoms with E-state index in [-0.39, 0.29) is 30.6 Å². The summed E-state index contributed by atoms with van der Waals surface area (Å²) in [6, 6.07) is 21.7. The second-order valence-corrected chi connectivity index (χ2v) is 6.53. The Labute approximate surface area is 181 Å². The van der Waals surface area contributed by atoms with E-state index in [1.807, 2.05) is 50.2 Å². The minimum absolute atomic E-state index is 0. The fraction of sp³-hybridized carbons (Fsp3) is 0.0833. The summed E-state index contributed by atoms with van der Waals surface area (Å²) in [7, 11) is 0. The van der Waals surface area contributed by atoms with Crippen LogP contribution in [0.5, 0.6) is 0 Å². The molecule has 0 saturated carbocycles. The van der Waals surface area contributed by atoms with Crippen molar-refractivity contribution in [3.8, 4) is 0 Å². The SMILES string of the molecule is Cc1ccc(C(=O)[O-])c2ccccc12.Cc1ccc(C(=O)[O-])c2ccccc12.[Zn+2]. The summed E-state index contributed by atoms with van der Waals surface area (Å²) in [6.45, 7) is 3.92. The molecule has 0 unspecified atom stereocenters. The molecule has 4 aromatic rings. The number of aryl methyl sites for hydroxylation is 2. The van der Waals surface area contributed by atoms with Crippen molar-refractivity contribution in [3.05, 3.63) is 95.1 Å². The summed E-state index contributed by atoms with van der Waals surface area (Å²) in [4.78, 5) is 21.6. The van der Waals surface area contributed by atoms with Gasteiger partial charge >= 0.3 is 19.5 Å². The Morgan fingerprint density at radius 1 is 0.552 bits per heavy atom. The summed E-state index contributed by atoms with van der Waals surface area (Å²) in [6.07, 6.45) is 0. The molecule has 0 heterocycles. The summed E-state index contributed by atoms with van der Waals surface area (Å²) in [5.41, 5.74) is 2.66. The number of hydrogen-bond acceptors (Lipinski definition) is 4. The molecule has 0 aromatic heterocycles. The molecule has 0 atom stereocenters. The molecule has 140 valence electrons. The van der Waals surface area contributed by atoms with Gasteiger partial charge in [0.25, 0.3) is 0 Å². The summed E-state index contributed by atoms with van der Waals surface area (Å²) in [5, 5.41) is 25.1. The second-order valence-electron chi connectivity index (χ2n) is 6.53. The number of rotatable bonds is 2. The molecule has 29 heavy (non-hydrogen) atoms. The van der Waals surface area contributed by atoms with Gasteiger partial charge in [-0.3, -0.25) is 0 Å². The Morgan fingerprint density at radius 3 is 1.17 bits per heavy atom. The van der Waals surface area contributed by atoms with Crippen LogP contribution in [0, 0.1) is 13.8 Å². The van der Waals surface area contributed by atoms with E-state index >= 15 is 0 Å². The summed E-state index contributed by atoms with van der Waals surface area (Å²) in [5.74, 6) is -2.25. The van der Waals surface area contributed by atoms with E-state index in [1.54, 1.807) is 36.4 Å². The number of hydrogen-bond donors (Lipinski definition) is 0. The first-order valence-corrected chi connectivity index (χ1v) is 8.79. The van der Waals surface area contributed by atoms with Crippen molar-refractivity contribution in [2.24, 2.45) is 0 Å². The van der Waals surface area contributed by atoms with Crippen molar-refractivity contribution >= 4 is 33.5 Å². The van der Waals surface area contributed by atoms with E-state index in [0.717, 1.165) is 32.7 Å². The fourth-order valence-corrected chi connectivity index (χ4v) is 3.26. The van der Waals surface area contributed by atoms with Gasteiger partial charge in [-0.05, 0) is 46.5 Å². The van der Waals surface area contributed by atoms with Crippen molar-refractivity contribution in [2.45, 2.75) is 13.8 Å². The zero-order valence-electron chi connectivity index (χ0n) is 16.3. The zero-order valence-corrected chi connectivity index (χ0v) is 19.2. The van der Waals surface area contributed by atoms with Crippen molar-refractivity contribution in [2.75, 3.05) is 0 Å². The molecule has 4 rings (SSSR count). The summed E-state index contributed by atoms with van der Waals surface area (Å²) < 4.78 is 0. The largest absolute Gasteiger partial charge is 2.00 e. The molecular formula is C24H18O4Zn. The van der Waals surface area contributed by atoms with Crippen molar-refractivity contribution in [1.29, 1.82) is 0 Å². The number of fused-ring (bicyclic) bond motifs is 2. The minimum Gasteiger partial charge on any atom is -0.545 e. The van der Waals surface area contributed by atoms with Crippen molar-refractivity contribution in [3.63, 3.8) is 0 Å². The van der Waals surface area contributed by atoms with Gasteiger partial charge in [0.15, 0.2) is 0 Å². The van der Waals surface area contributed by atoms with Crippen molar-refractivity contribution < 1.29 is 39.3 Å². The molecule has 0 aliphatic rings. The van der Waals surface area contributed by atoms with Gasteiger partial charge in [-0.1, -0.05) is 72.8 Å². The van der Waals surface area contributed by atoms with Gasteiger partial charge < -0.3 is 19.8 Å². The van der Waals surface area contributed by atoms with Crippen LogP contribution in [0.1, 0.15) is 31.8 Å². The van der Waals surface area contributed by atoms with Gasteiger partial charge in [0.1, 0.15) is 0 Å². The molecule has 0 saturated heterocycles. The van der Waals surface area contributed by atoms with Crippen LogP contribution in [0.2, 0.25) is 0 Å². The van der Waals surface area contributed by atoms with E-state index in [1.165, 1.54) is 0 Å². The molecular weight excluding hydrogens is 418 g/mol. The molecule has 4 nitrogen and oxygen atoms in total. The Balaban J connectivity index is 0.000000200. The smallest absolute Gasteiger partial charge is 0.545 e. The Morgan fingerprint density at radius 2 is 0.862 bits per heavy atom. The third-order valence-electron chi connectivity index (χ3n) is 4.72. The average molecular weight is 436 g/mol. The van der Waals surface area contributed by atoms with Crippen LogP contribution in [-0.2, 0) is 19.5 Å². The minimum atomic E-state index is -1.12. The summed E-state index contributed by atoms with van der Waals surface area (Å²) >= 11 is 0. The normalized spacial score (nSPS) is 10.0. The predicted molar refractivity (Wildman–Crippen MR) is 106 cm³/mol. The van der Waals surface area contributed by atoms with E-state index in [9.17, 15) is 19.8 Å². The van der Waals surface area contributed by atoms with Gasteiger partial charge in [0.2, 0.25) is 0 Å². The van der Waals surface area contributed by atoms with Crippen molar-refractivity contribution in [1.82, 2.24) is 0 Å². The van der Waals surface area contributed by atoms with Crippen LogP contribution in [-0.4, -0.2) is 11.9 Å². The third kappa shape index (κ3) is 4.69. The van der Waals surface area contributed by atoms with E-state index in [2.05, 4.69) is 0 Å². The molecule has 0 fully saturated rings. The topological polar surface area (TPSA) is 80.3 Å². The average Bonchev–Trinajstić information content (AvgIpc) is 2.69. The fourth-order valence-electron chi connectivity index (χ4n) is 3.26. The maximum absolute atomic E-state index is 10.8. The van der Waals surface area contributed by atoms with Gasteiger partial charge in [-0.25, -0.2) is 0 Å². The number of carboxylic acids is 2. The van der Waals surface area contributed by atoms with Gasteiger partial charge in [0.05, 0.1) is 11.9 Å². The van der Waals surface area contributed by atoms with Crippen LogP contribution in [0.25, 0.3) is 21.5 Å². The number of benzene rings is 4. The number of carbonyl (C=O) groups excluding carboxylic acids is 2. The maximum Gasteiger partial charge on any atom is 2.00 e. The standard InChI is InChI=1S/2C12H10O2.Zn/c2*1-8-6-7-11(12(13)14)10-5-3-2-4-9(8)10;/h2*2-7H,1H3,(H,13,14);/q;;+2/p-2. The predicted octanol–water partition coefficient (Wildman–Crippen LogP) is 3.02. The Kier molecular flexibility index (Phi) is 7.25. The molecule has 0 radical (unpaired) electrons. The van der Waals surface area contributed by atoms with Gasteiger partial charge in [0, 0.05) is 11.1 Å². The first-order chi connectivity index (χ1) is 13.4. The van der Waals surface area contributed by atoms with E-state index in [4.69, 9.17) is 0 Å². The molecule has 5 heteroatoms. The van der Waals surface area contributed by atoms with Crippen LogP contribution in [0.4, 0.5) is 0 Å². The van der Waals surface area contributed by atoms with E-state index < -0.39 is 11.9 Å². The van der Waals surface area contributed by atoms with Crippen LogP contribution >= 0.6 is 0 Å². The molecule has 4 aromatic carbocycles. The Hall–Kier alpha value is -3.04. The van der Waals surface area contributed by atoms with Crippen LogP contribution in [0.15, 0.2) is 72.8 Å². The van der Waals surface area contributed by atoms with Gasteiger partial charge in [-0.15, -0.1) is 0 Å².